The molecular weight excluding hydrogens is 503 g/mol. The summed E-state index contributed by atoms with van der Waals surface area (Å²) in [5.41, 5.74) is 1.03. The zero-order chi connectivity index (χ0) is 26.4. The fourth-order valence-electron chi connectivity index (χ4n) is 3.37. The Morgan fingerprint density at radius 3 is 2.41 bits per heavy atom. The van der Waals surface area contributed by atoms with E-state index in [0.717, 1.165) is 10.9 Å². The van der Waals surface area contributed by atoms with Gasteiger partial charge in [-0.2, -0.15) is 0 Å². The van der Waals surface area contributed by atoms with E-state index in [4.69, 9.17) is 16.7 Å². The Labute approximate surface area is 214 Å². The lowest BCUT2D eigenvalue weighted by Gasteiger charge is -2.18. The van der Waals surface area contributed by atoms with Gasteiger partial charge in [0.15, 0.2) is 12.1 Å². The van der Waals surface area contributed by atoms with E-state index in [9.17, 15) is 18.8 Å². The summed E-state index contributed by atoms with van der Waals surface area (Å²) in [5, 5.41) is 25.3. The van der Waals surface area contributed by atoms with Crippen LogP contribution in [-0.2, 0) is 9.59 Å². The van der Waals surface area contributed by atoms with Crippen LogP contribution in [0, 0.1) is 5.82 Å². The predicted molar refractivity (Wildman–Crippen MR) is 133 cm³/mol. The first kappa shape index (κ1) is 25.2. The summed E-state index contributed by atoms with van der Waals surface area (Å²) in [6, 6.07) is 15.7. The molecule has 186 valence electrons. The number of carboxylic acid groups (broad SMARTS) is 1. The molecule has 2 amide bonds. The molecule has 0 aliphatic heterocycles. The monoisotopic (exact) mass is 520 g/mol. The number of carbonyl (C=O) groups is 3. The van der Waals surface area contributed by atoms with Crippen LogP contribution in [0.1, 0.15) is 27.5 Å². The van der Waals surface area contributed by atoms with Crippen molar-refractivity contribution in [3.8, 4) is 5.69 Å². The van der Waals surface area contributed by atoms with Crippen LogP contribution in [0.15, 0.2) is 79.1 Å². The molecule has 4 rings (SSSR count). The number of rotatable bonds is 8. The number of aromatic carboxylic acids is 1. The van der Waals surface area contributed by atoms with Crippen LogP contribution >= 0.6 is 11.6 Å². The number of tetrazole rings is 1. The number of nitrogens with one attached hydrogen (secondary N) is 2. The number of aromatic nitrogens is 4. The molecular formula is C25H18ClFN6O4. The number of hydrogen-bond acceptors (Lipinski definition) is 6. The first-order chi connectivity index (χ1) is 17.8. The van der Waals surface area contributed by atoms with Crippen molar-refractivity contribution in [1.82, 2.24) is 25.5 Å². The minimum Gasteiger partial charge on any atom is -0.478 e. The molecule has 3 aromatic carbocycles. The van der Waals surface area contributed by atoms with Crippen molar-refractivity contribution in [3.05, 3.63) is 107 Å². The highest BCUT2D eigenvalue weighted by atomic mass is 35.5. The fraction of sp³-hybridized carbons (Fsp3) is 0.0400. The number of anilines is 1. The maximum atomic E-state index is 14.8. The van der Waals surface area contributed by atoms with Gasteiger partial charge in [-0.1, -0.05) is 41.9 Å². The van der Waals surface area contributed by atoms with Crippen molar-refractivity contribution < 1.29 is 23.9 Å². The number of amides is 2. The summed E-state index contributed by atoms with van der Waals surface area (Å²) in [7, 11) is 0. The average Bonchev–Trinajstić information content (AvgIpc) is 3.43. The van der Waals surface area contributed by atoms with Crippen molar-refractivity contribution >= 4 is 41.1 Å². The number of carboxylic acids is 1. The SMILES string of the molecule is O=C(C=Cc1c(-n2ncnn2)ccc(Cl)c1F)NC(C(=O)Nc1ccc(C(=O)O)cc1)c1ccccc1. The lowest BCUT2D eigenvalue weighted by atomic mass is 10.1. The Morgan fingerprint density at radius 2 is 1.76 bits per heavy atom. The van der Waals surface area contributed by atoms with E-state index in [1.165, 1.54) is 48.8 Å². The van der Waals surface area contributed by atoms with E-state index in [0.29, 0.717) is 11.3 Å². The molecule has 0 aliphatic rings. The van der Waals surface area contributed by atoms with Crippen LogP contribution in [0.3, 0.4) is 0 Å². The molecule has 1 heterocycles. The summed E-state index contributed by atoms with van der Waals surface area (Å²) in [6.07, 6.45) is 3.42. The third-order valence-electron chi connectivity index (χ3n) is 5.16. The summed E-state index contributed by atoms with van der Waals surface area (Å²) in [6.45, 7) is 0. The van der Waals surface area contributed by atoms with E-state index in [1.54, 1.807) is 30.3 Å². The third-order valence-corrected chi connectivity index (χ3v) is 5.45. The molecule has 10 nitrogen and oxygen atoms in total. The first-order valence-electron chi connectivity index (χ1n) is 10.7. The highest BCUT2D eigenvalue weighted by Gasteiger charge is 2.22. The normalized spacial score (nSPS) is 11.7. The van der Waals surface area contributed by atoms with Gasteiger partial charge in [0.05, 0.1) is 16.3 Å². The zero-order valence-electron chi connectivity index (χ0n) is 18.9. The van der Waals surface area contributed by atoms with Gasteiger partial charge in [0.1, 0.15) is 6.04 Å². The van der Waals surface area contributed by atoms with Gasteiger partial charge in [0, 0.05) is 17.3 Å². The molecule has 3 N–H and O–H groups in total. The highest BCUT2D eigenvalue weighted by molar-refractivity contribution is 6.31. The molecule has 1 atom stereocenters. The second kappa shape index (κ2) is 11.2. The van der Waals surface area contributed by atoms with Crippen LogP contribution in [0.25, 0.3) is 11.8 Å². The zero-order valence-corrected chi connectivity index (χ0v) is 19.6. The maximum Gasteiger partial charge on any atom is 0.335 e. The highest BCUT2D eigenvalue weighted by Crippen LogP contribution is 2.25. The standard InChI is InChI=1S/C25H18ClFN6O4/c26-19-11-12-20(33-29-14-28-32-33)18(22(19)27)10-13-21(34)31-23(15-4-2-1-3-5-15)24(35)30-17-8-6-16(7-9-17)25(36)37/h1-14,23H,(H,30,35)(H,31,34)(H,36,37). The minimum atomic E-state index is -1.11. The Bertz CT molecular complexity index is 1460. The Balaban J connectivity index is 1.57. The predicted octanol–water partition coefficient (Wildman–Crippen LogP) is 3.66. The molecule has 0 aliphatic carbocycles. The van der Waals surface area contributed by atoms with Crippen LogP contribution in [0.2, 0.25) is 5.02 Å². The first-order valence-corrected chi connectivity index (χ1v) is 11.1. The minimum absolute atomic E-state index is 0.0557. The van der Waals surface area contributed by atoms with Crippen molar-refractivity contribution in [2.75, 3.05) is 5.32 Å². The number of halogens is 2. The van der Waals surface area contributed by atoms with E-state index in [2.05, 4.69) is 26.0 Å². The summed E-state index contributed by atoms with van der Waals surface area (Å²) < 4.78 is 14.8. The molecule has 4 aromatic rings. The van der Waals surface area contributed by atoms with Gasteiger partial charge < -0.3 is 15.7 Å². The number of benzene rings is 3. The van der Waals surface area contributed by atoms with Gasteiger partial charge in [0.2, 0.25) is 5.91 Å². The molecule has 0 radical (unpaired) electrons. The van der Waals surface area contributed by atoms with Gasteiger partial charge in [-0.3, -0.25) is 9.59 Å². The van der Waals surface area contributed by atoms with Gasteiger partial charge in [-0.15, -0.1) is 15.0 Å². The van der Waals surface area contributed by atoms with Crippen LogP contribution in [-0.4, -0.2) is 43.1 Å². The molecule has 0 fully saturated rings. The molecule has 0 saturated heterocycles. The maximum absolute atomic E-state index is 14.8. The van der Waals surface area contributed by atoms with E-state index in [1.807, 2.05) is 0 Å². The molecule has 1 unspecified atom stereocenters. The third kappa shape index (κ3) is 6.03. The topological polar surface area (TPSA) is 139 Å². The van der Waals surface area contributed by atoms with E-state index < -0.39 is 29.6 Å². The second-order valence-electron chi connectivity index (χ2n) is 7.58. The van der Waals surface area contributed by atoms with Gasteiger partial charge in [-0.25, -0.2) is 9.18 Å². The van der Waals surface area contributed by atoms with Crippen LogP contribution < -0.4 is 10.6 Å². The van der Waals surface area contributed by atoms with Gasteiger partial charge in [0.25, 0.3) is 5.91 Å². The number of nitrogens with zero attached hydrogens (tertiary/aromatic N) is 4. The molecule has 12 heteroatoms. The number of hydrogen-bond donors (Lipinski definition) is 3. The smallest absolute Gasteiger partial charge is 0.335 e. The quantitative estimate of drug-likeness (QED) is 0.301. The van der Waals surface area contributed by atoms with E-state index in [-0.39, 0.29) is 21.8 Å². The Hall–Kier alpha value is -4.90. The lowest BCUT2D eigenvalue weighted by Crippen LogP contribution is -2.36. The van der Waals surface area contributed by atoms with Crippen molar-refractivity contribution in [2.45, 2.75) is 6.04 Å². The van der Waals surface area contributed by atoms with Crippen LogP contribution in [0.4, 0.5) is 10.1 Å². The Morgan fingerprint density at radius 1 is 1.03 bits per heavy atom. The Kier molecular flexibility index (Phi) is 7.65. The summed E-state index contributed by atoms with van der Waals surface area (Å²) in [4.78, 5) is 38.0. The van der Waals surface area contributed by atoms with Crippen molar-refractivity contribution in [1.29, 1.82) is 0 Å². The average molecular weight is 521 g/mol. The largest absolute Gasteiger partial charge is 0.478 e. The van der Waals surface area contributed by atoms with E-state index >= 15 is 0 Å². The molecule has 0 saturated carbocycles. The van der Waals surface area contributed by atoms with Crippen LogP contribution in [0.5, 0.6) is 0 Å². The summed E-state index contributed by atoms with van der Waals surface area (Å²) in [5.74, 6) is -3.15. The lowest BCUT2D eigenvalue weighted by molar-refractivity contribution is -0.123. The second-order valence-corrected chi connectivity index (χ2v) is 7.98. The number of carbonyl (C=O) groups excluding carboxylic acids is 2. The fourth-order valence-corrected chi connectivity index (χ4v) is 3.54. The van der Waals surface area contributed by atoms with Crippen molar-refractivity contribution in [2.24, 2.45) is 0 Å². The molecule has 1 aromatic heterocycles. The van der Waals surface area contributed by atoms with Crippen molar-refractivity contribution in [3.63, 3.8) is 0 Å². The van der Waals surface area contributed by atoms with Gasteiger partial charge >= 0.3 is 5.97 Å². The molecule has 0 bridgehead atoms. The van der Waals surface area contributed by atoms with Gasteiger partial charge in [-0.05, 0) is 53.3 Å². The summed E-state index contributed by atoms with van der Waals surface area (Å²) >= 11 is 5.91. The molecule has 37 heavy (non-hydrogen) atoms. The molecule has 0 spiro atoms.